The molecular weight excluding hydrogens is 172 g/mol. The number of aromatic nitrogens is 7. The minimum atomic E-state index is 0.240. The van der Waals surface area contributed by atoms with Crippen LogP contribution in [-0.4, -0.2) is 35.0 Å². The van der Waals surface area contributed by atoms with Crippen LogP contribution in [0.25, 0.3) is 0 Å². The third kappa shape index (κ3) is 1.60. The Balaban J connectivity index is 2.14. The van der Waals surface area contributed by atoms with Gasteiger partial charge in [-0.05, 0) is 5.21 Å². The van der Waals surface area contributed by atoms with Crippen molar-refractivity contribution in [3.05, 3.63) is 12.2 Å². The molecule has 68 valence electrons. The van der Waals surface area contributed by atoms with Crippen LogP contribution in [0.1, 0.15) is 5.82 Å². The molecule has 0 spiro atoms. The third-order valence-corrected chi connectivity index (χ3v) is 1.41. The van der Waals surface area contributed by atoms with E-state index in [0.717, 1.165) is 0 Å². The average molecular weight is 180 g/mol. The summed E-state index contributed by atoms with van der Waals surface area (Å²) in [6.07, 6.45) is 1.52. The van der Waals surface area contributed by atoms with E-state index in [1.165, 1.54) is 11.1 Å². The van der Waals surface area contributed by atoms with E-state index in [9.17, 15) is 0 Å². The number of nitrogen functional groups attached to an aromatic ring is 1. The van der Waals surface area contributed by atoms with E-state index in [1.54, 1.807) is 11.7 Å². The van der Waals surface area contributed by atoms with Crippen LogP contribution in [0.4, 0.5) is 5.95 Å². The summed E-state index contributed by atoms with van der Waals surface area (Å²) in [5, 5.41) is 15.3. The second-order valence-corrected chi connectivity index (χ2v) is 2.50. The predicted molar refractivity (Wildman–Crippen MR) is 42.3 cm³/mol. The van der Waals surface area contributed by atoms with E-state index in [4.69, 9.17) is 5.73 Å². The standard InChI is InChI=1S/C5H8N8/c1-12-9-4(8-11-12)2-13-3-7-5(6)10-13/h3H,2H2,1H3,(H2,6,10). The molecule has 0 unspecified atom stereocenters. The molecule has 0 aliphatic heterocycles. The maximum atomic E-state index is 5.33. The first-order valence-electron chi connectivity index (χ1n) is 3.62. The van der Waals surface area contributed by atoms with Crippen LogP contribution in [0.15, 0.2) is 6.33 Å². The molecule has 13 heavy (non-hydrogen) atoms. The SMILES string of the molecule is Cn1nnc(Cn2cnc(N)n2)n1. The number of nitrogens with zero attached hydrogens (tertiary/aromatic N) is 7. The van der Waals surface area contributed by atoms with Gasteiger partial charge in [0, 0.05) is 0 Å². The van der Waals surface area contributed by atoms with E-state index < -0.39 is 0 Å². The van der Waals surface area contributed by atoms with Gasteiger partial charge in [-0.3, -0.25) is 0 Å². The fourth-order valence-electron chi connectivity index (χ4n) is 0.917. The second kappa shape index (κ2) is 2.81. The highest BCUT2D eigenvalue weighted by Crippen LogP contribution is 1.93. The lowest BCUT2D eigenvalue weighted by atomic mass is 10.6. The molecular formula is C5H8N8. The molecule has 2 N–H and O–H groups in total. The quantitative estimate of drug-likeness (QED) is 0.599. The predicted octanol–water partition coefficient (Wildman–Crippen LogP) is -1.57. The summed E-state index contributed by atoms with van der Waals surface area (Å²) < 4.78 is 1.55. The van der Waals surface area contributed by atoms with Gasteiger partial charge in [0.2, 0.25) is 5.95 Å². The van der Waals surface area contributed by atoms with Gasteiger partial charge in [0.1, 0.15) is 12.9 Å². The van der Waals surface area contributed by atoms with Gasteiger partial charge in [0.15, 0.2) is 5.82 Å². The molecule has 8 heteroatoms. The van der Waals surface area contributed by atoms with E-state index >= 15 is 0 Å². The Morgan fingerprint density at radius 2 is 2.31 bits per heavy atom. The van der Waals surface area contributed by atoms with E-state index in [0.29, 0.717) is 12.4 Å². The number of hydrogen-bond acceptors (Lipinski definition) is 6. The summed E-state index contributed by atoms with van der Waals surface area (Å²) in [7, 11) is 1.70. The van der Waals surface area contributed by atoms with Gasteiger partial charge in [0.05, 0.1) is 7.05 Å². The number of rotatable bonds is 2. The minimum Gasteiger partial charge on any atom is -0.367 e. The maximum Gasteiger partial charge on any atom is 0.239 e. The Bertz CT molecular complexity index is 362. The van der Waals surface area contributed by atoms with Crippen molar-refractivity contribution in [3.8, 4) is 0 Å². The molecule has 0 saturated heterocycles. The van der Waals surface area contributed by atoms with Gasteiger partial charge in [-0.25, -0.2) is 9.67 Å². The van der Waals surface area contributed by atoms with Gasteiger partial charge in [0.25, 0.3) is 0 Å². The zero-order valence-electron chi connectivity index (χ0n) is 6.99. The first kappa shape index (κ1) is 7.65. The van der Waals surface area contributed by atoms with Crippen molar-refractivity contribution in [3.63, 3.8) is 0 Å². The van der Waals surface area contributed by atoms with Crippen molar-refractivity contribution in [1.82, 2.24) is 35.0 Å². The second-order valence-electron chi connectivity index (χ2n) is 2.50. The molecule has 0 bridgehead atoms. The summed E-state index contributed by atoms with van der Waals surface area (Å²) in [5.41, 5.74) is 5.33. The number of anilines is 1. The number of aryl methyl sites for hydroxylation is 1. The Kier molecular flexibility index (Phi) is 1.65. The minimum absolute atomic E-state index is 0.240. The van der Waals surface area contributed by atoms with Gasteiger partial charge in [-0.1, -0.05) is 0 Å². The first-order valence-corrected chi connectivity index (χ1v) is 3.62. The van der Waals surface area contributed by atoms with Crippen molar-refractivity contribution in [2.45, 2.75) is 6.54 Å². The summed E-state index contributed by atoms with van der Waals surface area (Å²) in [4.78, 5) is 5.15. The van der Waals surface area contributed by atoms with E-state index in [2.05, 4.69) is 25.5 Å². The zero-order valence-corrected chi connectivity index (χ0v) is 6.99. The molecule has 0 aliphatic rings. The van der Waals surface area contributed by atoms with E-state index in [-0.39, 0.29) is 5.95 Å². The van der Waals surface area contributed by atoms with Crippen molar-refractivity contribution in [2.75, 3.05) is 5.73 Å². The number of hydrogen-bond donors (Lipinski definition) is 1. The molecule has 0 radical (unpaired) electrons. The summed E-state index contributed by atoms with van der Waals surface area (Å²) in [6, 6.07) is 0. The summed E-state index contributed by atoms with van der Waals surface area (Å²) >= 11 is 0. The van der Waals surface area contributed by atoms with Crippen LogP contribution in [0, 0.1) is 0 Å². The van der Waals surface area contributed by atoms with Crippen LogP contribution in [0.5, 0.6) is 0 Å². The summed E-state index contributed by atoms with van der Waals surface area (Å²) in [5.74, 6) is 0.816. The van der Waals surface area contributed by atoms with Crippen molar-refractivity contribution in [1.29, 1.82) is 0 Å². The lowest BCUT2D eigenvalue weighted by molar-refractivity contribution is 0.617. The van der Waals surface area contributed by atoms with Crippen LogP contribution >= 0.6 is 0 Å². The molecule has 2 rings (SSSR count). The van der Waals surface area contributed by atoms with Crippen LogP contribution in [0.3, 0.4) is 0 Å². The van der Waals surface area contributed by atoms with Crippen molar-refractivity contribution >= 4 is 5.95 Å². The molecule has 8 nitrogen and oxygen atoms in total. The zero-order chi connectivity index (χ0) is 9.26. The highest BCUT2D eigenvalue weighted by Gasteiger charge is 2.02. The first-order chi connectivity index (χ1) is 6.24. The van der Waals surface area contributed by atoms with Crippen molar-refractivity contribution in [2.24, 2.45) is 7.05 Å². The average Bonchev–Trinajstić information content (AvgIpc) is 2.62. The van der Waals surface area contributed by atoms with Gasteiger partial charge >= 0.3 is 0 Å². The molecule has 0 saturated carbocycles. The molecule has 0 atom stereocenters. The Morgan fingerprint density at radius 1 is 1.46 bits per heavy atom. The topological polar surface area (TPSA) is 100 Å². The summed E-state index contributed by atoms with van der Waals surface area (Å²) in [6.45, 7) is 0.429. The lowest BCUT2D eigenvalue weighted by Gasteiger charge is -1.91. The van der Waals surface area contributed by atoms with Crippen LogP contribution in [-0.2, 0) is 13.6 Å². The Hall–Kier alpha value is -1.99. The molecule has 0 aromatic carbocycles. The maximum absolute atomic E-state index is 5.33. The van der Waals surface area contributed by atoms with Gasteiger partial charge in [-0.2, -0.15) is 4.80 Å². The van der Waals surface area contributed by atoms with Gasteiger partial charge in [-0.15, -0.1) is 15.3 Å². The normalized spacial score (nSPS) is 10.5. The smallest absolute Gasteiger partial charge is 0.239 e. The number of tetrazole rings is 1. The molecule has 0 amide bonds. The fourth-order valence-corrected chi connectivity index (χ4v) is 0.917. The molecule has 2 aromatic heterocycles. The van der Waals surface area contributed by atoms with Crippen LogP contribution < -0.4 is 5.73 Å². The lowest BCUT2D eigenvalue weighted by Crippen LogP contribution is -2.03. The largest absolute Gasteiger partial charge is 0.367 e. The molecule has 2 aromatic rings. The van der Waals surface area contributed by atoms with Gasteiger partial charge < -0.3 is 5.73 Å². The highest BCUT2D eigenvalue weighted by atomic mass is 15.6. The molecule has 2 heterocycles. The van der Waals surface area contributed by atoms with Crippen molar-refractivity contribution < 1.29 is 0 Å². The number of nitrogens with two attached hydrogens (primary N) is 1. The highest BCUT2D eigenvalue weighted by molar-refractivity contribution is 5.09. The van der Waals surface area contributed by atoms with Crippen LogP contribution in [0.2, 0.25) is 0 Å². The molecule has 0 fully saturated rings. The monoisotopic (exact) mass is 180 g/mol. The van der Waals surface area contributed by atoms with E-state index in [1.807, 2.05) is 0 Å². The molecule has 0 aliphatic carbocycles. The Morgan fingerprint density at radius 3 is 2.85 bits per heavy atom. The fraction of sp³-hybridized carbons (Fsp3) is 0.400. The third-order valence-electron chi connectivity index (χ3n) is 1.41. The Labute approximate surface area is 73.4 Å².